The van der Waals surface area contributed by atoms with Crippen LogP contribution in [-0.2, 0) is 12.8 Å². The van der Waals surface area contributed by atoms with Gasteiger partial charge in [0.05, 0.1) is 5.01 Å². The van der Waals surface area contributed by atoms with Crippen molar-refractivity contribution in [2.75, 3.05) is 18.4 Å². The second-order valence-electron chi connectivity index (χ2n) is 4.58. The molecule has 2 N–H and O–H groups in total. The van der Waals surface area contributed by atoms with Gasteiger partial charge in [-0.2, -0.15) is 0 Å². The van der Waals surface area contributed by atoms with E-state index in [2.05, 4.69) is 39.9 Å². The van der Waals surface area contributed by atoms with E-state index in [1.165, 1.54) is 16.3 Å². The molecule has 4 heteroatoms. The number of anilines is 1. The minimum atomic E-state index is 0.527. The molecule has 18 heavy (non-hydrogen) atoms. The highest BCUT2D eigenvalue weighted by molar-refractivity contribution is 7.09. The van der Waals surface area contributed by atoms with Gasteiger partial charge in [0.15, 0.2) is 0 Å². The molecule has 1 atom stereocenters. The van der Waals surface area contributed by atoms with Crippen molar-refractivity contribution < 1.29 is 0 Å². The molecule has 0 aliphatic carbocycles. The molecule has 2 heterocycles. The zero-order valence-electron chi connectivity index (χ0n) is 10.2. The number of aromatic nitrogens is 1. The van der Waals surface area contributed by atoms with Crippen molar-refractivity contribution in [1.82, 2.24) is 10.3 Å². The second-order valence-corrected chi connectivity index (χ2v) is 5.56. The number of thiazole rings is 1. The first-order valence-corrected chi connectivity index (χ1v) is 7.23. The summed E-state index contributed by atoms with van der Waals surface area (Å²) in [4.78, 5) is 4.28. The maximum absolute atomic E-state index is 4.28. The predicted molar refractivity (Wildman–Crippen MR) is 76.2 cm³/mol. The molecule has 3 rings (SSSR count). The van der Waals surface area contributed by atoms with Crippen LogP contribution in [0.25, 0.3) is 0 Å². The molecular weight excluding hydrogens is 242 g/mol. The highest BCUT2D eigenvalue weighted by Crippen LogP contribution is 2.24. The van der Waals surface area contributed by atoms with E-state index in [-0.39, 0.29) is 0 Å². The van der Waals surface area contributed by atoms with Crippen molar-refractivity contribution in [2.45, 2.75) is 18.9 Å². The van der Waals surface area contributed by atoms with Crippen molar-refractivity contribution in [3.05, 3.63) is 46.4 Å². The minimum absolute atomic E-state index is 0.527. The molecule has 0 amide bonds. The number of nitrogens with zero attached hydrogens (tertiary/aromatic N) is 1. The van der Waals surface area contributed by atoms with Gasteiger partial charge < -0.3 is 10.6 Å². The van der Waals surface area contributed by atoms with Crippen LogP contribution in [-0.4, -0.2) is 24.1 Å². The lowest BCUT2D eigenvalue weighted by atomic mass is 10.1. The fourth-order valence-electron chi connectivity index (χ4n) is 2.35. The third-order valence-electron chi connectivity index (χ3n) is 3.23. The molecule has 0 saturated heterocycles. The maximum Gasteiger partial charge on any atom is 0.0937 e. The lowest BCUT2D eigenvalue weighted by molar-refractivity contribution is 0.614. The molecule has 1 unspecified atom stereocenters. The van der Waals surface area contributed by atoms with Gasteiger partial charge in [0.2, 0.25) is 0 Å². The highest BCUT2D eigenvalue weighted by atomic mass is 32.1. The van der Waals surface area contributed by atoms with Crippen LogP contribution in [0.4, 0.5) is 5.69 Å². The second kappa shape index (κ2) is 5.50. The molecule has 0 saturated carbocycles. The van der Waals surface area contributed by atoms with E-state index >= 15 is 0 Å². The van der Waals surface area contributed by atoms with Crippen molar-refractivity contribution >= 4 is 17.0 Å². The van der Waals surface area contributed by atoms with Crippen LogP contribution in [0.5, 0.6) is 0 Å². The molecule has 0 fully saturated rings. The van der Waals surface area contributed by atoms with Gasteiger partial charge in [-0.3, -0.25) is 0 Å². The summed E-state index contributed by atoms with van der Waals surface area (Å²) in [6.45, 7) is 2.02. The van der Waals surface area contributed by atoms with Gasteiger partial charge in [-0.1, -0.05) is 18.2 Å². The quantitative estimate of drug-likeness (QED) is 0.809. The van der Waals surface area contributed by atoms with Crippen molar-refractivity contribution in [3.63, 3.8) is 0 Å². The summed E-state index contributed by atoms with van der Waals surface area (Å²) in [6.07, 6.45) is 4.02. The molecule has 0 bridgehead atoms. The SMILES string of the molecule is c1ccc2c(c1)CC(CNCCc1nccs1)N2. The normalized spacial score (nSPS) is 17.4. The topological polar surface area (TPSA) is 37.0 Å². The lowest BCUT2D eigenvalue weighted by Crippen LogP contribution is -2.32. The molecular formula is C14H17N3S. The summed E-state index contributed by atoms with van der Waals surface area (Å²) in [5, 5.41) is 10.3. The predicted octanol–water partition coefficient (Wildman–Crippen LogP) is 2.31. The third-order valence-corrected chi connectivity index (χ3v) is 4.07. The number of benzene rings is 1. The van der Waals surface area contributed by atoms with Crippen LogP contribution >= 0.6 is 11.3 Å². The van der Waals surface area contributed by atoms with E-state index in [0.29, 0.717) is 6.04 Å². The minimum Gasteiger partial charge on any atom is -0.380 e. The van der Waals surface area contributed by atoms with E-state index in [1.54, 1.807) is 11.3 Å². The van der Waals surface area contributed by atoms with E-state index < -0.39 is 0 Å². The number of nitrogens with one attached hydrogen (secondary N) is 2. The van der Waals surface area contributed by atoms with E-state index in [4.69, 9.17) is 0 Å². The number of rotatable bonds is 5. The Morgan fingerprint density at radius 1 is 1.39 bits per heavy atom. The molecule has 0 radical (unpaired) electrons. The summed E-state index contributed by atoms with van der Waals surface area (Å²) >= 11 is 1.73. The summed E-state index contributed by atoms with van der Waals surface area (Å²) in [7, 11) is 0. The molecule has 1 aromatic heterocycles. The van der Waals surface area contributed by atoms with E-state index in [1.807, 2.05) is 11.6 Å². The molecule has 1 aromatic carbocycles. The molecule has 2 aromatic rings. The Morgan fingerprint density at radius 2 is 2.33 bits per heavy atom. The Kier molecular flexibility index (Phi) is 3.57. The number of hydrogen-bond acceptors (Lipinski definition) is 4. The van der Waals surface area contributed by atoms with Crippen molar-refractivity contribution in [1.29, 1.82) is 0 Å². The zero-order chi connectivity index (χ0) is 12.2. The van der Waals surface area contributed by atoms with Gasteiger partial charge in [0, 0.05) is 42.8 Å². The highest BCUT2D eigenvalue weighted by Gasteiger charge is 2.18. The lowest BCUT2D eigenvalue weighted by Gasteiger charge is -2.11. The summed E-state index contributed by atoms with van der Waals surface area (Å²) in [6, 6.07) is 9.09. The Balaban J connectivity index is 1.41. The average Bonchev–Trinajstić information content (AvgIpc) is 3.03. The van der Waals surface area contributed by atoms with Gasteiger partial charge in [0.1, 0.15) is 0 Å². The van der Waals surface area contributed by atoms with Crippen LogP contribution in [0, 0.1) is 0 Å². The van der Waals surface area contributed by atoms with Gasteiger partial charge >= 0.3 is 0 Å². The van der Waals surface area contributed by atoms with E-state index in [0.717, 1.165) is 25.9 Å². The summed E-state index contributed by atoms with van der Waals surface area (Å²) in [5.41, 5.74) is 2.73. The Morgan fingerprint density at radius 3 is 3.17 bits per heavy atom. The number of fused-ring (bicyclic) bond motifs is 1. The van der Waals surface area contributed by atoms with Crippen LogP contribution in [0.1, 0.15) is 10.6 Å². The largest absolute Gasteiger partial charge is 0.380 e. The van der Waals surface area contributed by atoms with Gasteiger partial charge in [-0.25, -0.2) is 4.98 Å². The van der Waals surface area contributed by atoms with Crippen molar-refractivity contribution in [2.24, 2.45) is 0 Å². The Hall–Kier alpha value is -1.39. The van der Waals surface area contributed by atoms with Gasteiger partial charge in [-0.15, -0.1) is 11.3 Å². The Labute approximate surface area is 111 Å². The van der Waals surface area contributed by atoms with Crippen LogP contribution in [0.3, 0.4) is 0 Å². The van der Waals surface area contributed by atoms with Crippen molar-refractivity contribution in [3.8, 4) is 0 Å². The van der Waals surface area contributed by atoms with Crippen LogP contribution in [0.15, 0.2) is 35.8 Å². The molecule has 94 valence electrons. The first kappa shape index (κ1) is 11.7. The first-order valence-electron chi connectivity index (χ1n) is 6.35. The molecule has 1 aliphatic heterocycles. The zero-order valence-corrected chi connectivity index (χ0v) is 11.0. The maximum atomic E-state index is 4.28. The first-order chi connectivity index (χ1) is 8.92. The van der Waals surface area contributed by atoms with Crippen LogP contribution in [0.2, 0.25) is 0 Å². The molecule has 3 nitrogen and oxygen atoms in total. The number of hydrogen-bond donors (Lipinski definition) is 2. The standard InChI is InChI=1S/C14H17N3S/c1-2-4-13-11(3-1)9-12(17-13)10-15-6-5-14-16-7-8-18-14/h1-4,7-8,12,15,17H,5-6,9-10H2. The molecule has 0 spiro atoms. The van der Waals surface area contributed by atoms with Crippen LogP contribution < -0.4 is 10.6 Å². The fraction of sp³-hybridized carbons (Fsp3) is 0.357. The fourth-order valence-corrected chi connectivity index (χ4v) is 2.97. The number of para-hydroxylation sites is 1. The van der Waals surface area contributed by atoms with Gasteiger partial charge in [0.25, 0.3) is 0 Å². The smallest absolute Gasteiger partial charge is 0.0937 e. The molecule has 1 aliphatic rings. The van der Waals surface area contributed by atoms with E-state index in [9.17, 15) is 0 Å². The third kappa shape index (κ3) is 2.71. The summed E-state index contributed by atoms with van der Waals surface area (Å²) in [5.74, 6) is 0. The average molecular weight is 259 g/mol. The summed E-state index contributed by atoms with van der Waals surface area (Å²) < 4.78 is 0. The Bertz CT molecular complexity index is 471. The van der Waals surface area contributed by atoms with Gasteiger partial charge in [-0.05, 0) is 18.1 Å². The monoisotopic (exact) mass is 259 g/mol.